The number of primary amides is 1. The lowest BCUT2D eigenvalue weighted by Gasteiger charge is -2.43. The van der Waals surface area contributed by atoms with Crippen molar-refractivity contribution in [2.75, 3.05) is 6.54 Å². The van der Waals surface area contributed by atoms with Crippen molar-refractivity contribution in [2.45, 2.75) is 96.4 Å². The Balaban J connectivity index is 2.28. The summed E-state index contributed by atoms with van der Waals surface area (Å²) in [4.78, 5) is 50.8. The van der Waals surface area contributed by atoms with Gasteiger partial charge in [0.05, 0.1) is 6.04 Å². The van der Waals surface area contributed by atoms with Crippen LogP contribution < -0.4 is 16.4 Å². The summed E-state index contributed by atoms with van der Waals surface area (Å²) in [5.74, 6) is -5.53. The molecule has 0 aromatic carbocycles. The highest BCUT2D eigenvalue weighted by Gasteiger charge is 2.52. The van der Waals surface area contributed by atoms with Crippen molar-refractivity contribution in [3.63, 3.8) is 0 Å². The van der Waals surface area contributed by atoms with Crippen molar-refractivity contribution in [1.82, 2.24) is 15.5 Å². The lowest BCUT2D eigenvalue weighted by molar-refractivity contribution is -0.148. The third-order valence-electron chi connectivity index (χ3n) is 6.70. The van der Waals surface area contributed by atoms with Gasteiger partial charge in [-0.2, -0.15) is 0 Å². The molecule has 34 heavy (non-hydrogen) atoms. The summed E-state index contributed by atoms with van der Waals surface area (Å²) in [5, 5.41) is 24.0. The number of hydrogen-bond donors (Lipinski definition) is 5. The van der Waals surface area contributed by atoms with Gasteiger partial charge in [-0.3, -0.25) is 14.4 Å². The summed E-state index contributed by atoms with van der Waals surface area (Å²) < 4.78 is 26.8. The first kappa shape index (κ1) is 27.7. The van der Waals surface area contributed by atoms with Crippen molar-refractivity contribution in [1.29, 1.82) is 0 Å². The minimum absolute atomic E-state index is 0.107. The second kappa shape index (κ2) is 10.0. The number of nitrogens with zero attached hydrogens (tertiary/aromatic N) is 1. The third-order valence-corrected chi connectivity index (χ3v) is 6.70. The van der Waals surface area contributed by atoms with Gasteiger partial charge in [-0.1, -0.05) is 20.8 Å². The minimum atomic E-state index is -3.09. The van der Waals surface area contributed by atoms with Crippen LogP contribution in [0.4, 0.5) is 13.6 Å². The van der Waals surface area contributed by atoms with E-state index in [1.54, 1.807) is 20.8 Å². The molecule has 1 spiro atoms. The molecule has 0 radical (unpaired) electrons. The zero-order valence-electron chi connectivity index (χ0n) is 20.1. The van der Waals surface area contributed by atoms with Gasteiger partial charge in [-0.25, -0.2) is 13.6 Å². The van der Waals surface area contributed by atoms with Gasteiger partial charge in [0.25, 0.3) is 0 Å². The predicted octanol–water partition coefficient (Wildman–Crippen LogP) is 1.21. The van der Waals surface area contributed by atoms with E-state index >= 15 is 0 Å². The molecule has 2 aliphatic rings. The largest absolute Gasteiger partial charge is 0.465 e. The number of alkyl halides is 2. The van der Waals surface area contributed by atoms with Gasteiger partial charge >= 0.3 is 6.09 Å². The van der Waals surface area contributed by atoms with Crippen molar-refractivity contribution in [3.05, 3.63) is 0 Å². The Kier molecular flexibility index (Phi) is 8.17. The number of likely N-dealkylation sites (tertiary alicyclic amines) is 1. The fraction of sp³-hybridized carbons (Fsp3) is 0.818. The highest BCUT2D eigenvalue weighted by atomic mass is 19.3. The van der Waals surface area contributed by atoms with Crippen molar-refractivity contribution in [3.8, 4) is 0 Å². The number of hydrogen-bond acceptors (Lipinski definition) is 5. The molecule has 0 aromatic heterocycles. The first-order valence-corrected chi connectivity index (χ1v) is 11.4. The summed E-state index contributed by atoms with van der Waals surface area (Å²) in [6.07, 6.45) is -1.64. The van der Waals surface area contributed by atoms with E-state index in [9.17, 15) is 38.2 Å². The highest BCUT2D eigenvalue weighted by molar-refractivity contribution is 5.92. The zero-order valence-corrected chi connectivity index (χ0v) is 20.1. The molecule has 3 unspecified atom stereocenters. The maximum Gasteiger partial charge on any atom is 0.405 e. The SMILES string of the molecule is CC(F)(F)CCC(NC(=O)[C@@H]1CC2(CCN1C(=O)C(NC(=O)O)C(C)(C)C)CC2)C(O)C(N)=O. The molecule has 1 saturated heterocycles. The number of nitrogens with one attached hydrogen (secondary N) is 2. The van der Waals surface area contributed by atoms with Gasteiger partial charge in [0, 0.05) is 13.0 Å². The van der Waals surface area contributed by atoms with Gasteiger partial charge in [-0.15, -0.1) is 0 Å². The first-order chi connectivity index (χ1) is 15.5. The fourth-order valence-electron chi connectivity index (χ4n) is 4.40. The van der Waals surface area contributed by atoms with E-state index in [1.807, 2.05) is 0 Å². The Morgan fingerprint density at radius 3 is 2.15 bits per heavy atom. The van der Waals surface area contributed by atoms with Gasteiger partial charge in [0.15, 0.2) is 6.10 Å². The molecule has 2 rings (SSSR count). The average Bonchev–Trinajstić information content (AvgIpc) is 3.44. The van der Waals surface area contributed by atoms with Crippen LogP contribution in [0.3, 0.4) is 0 Å². The molecular formula is C22H36F2N4O6. The van der Waals surface area contributed by atoms with Gasteiger partial charge in [-0.05, 0) is 49.9 Å². The molecule has 1 aliphatic carbocycles. The van der Waals surface area contributed by atoms with Crippen LogP contribution in [0.25, 0.3) is 0 Å². The predicted molar refractivity (Wildman–Crippen MR) is 118 cm³/mol. The number of nitrogens with two attached hydrogens (primary N) is 1. The molecular weight excluding hydrogens is 454 g/mol. The minimum Gasteiger partial charge on any atom is -0.465 e. The van der Waals surface area contributed by atoms with Gasteiger partial charge < -0.3 is 31.5 Å². The first-order valence-electron chi connectivity index (χ1n) is 11.4. The lowest BCUT2D eigenvalue weighted by atomic mass is 9.82. The van der Waals surface area contributed by atoms with E-state index in [1.165, 1.54) is 4.90 Å². The van der Waals surface area contributed by atoms with Gasteiger partial charge in [0.1, 0.15) is 12.1 Å². The second-order valence-electron chi connectivity index (χ2n) is 10.8. The van der Waals surface area contributed by atoms with E-state index in [-0.39, 0.29) is 12.0 Å². The maximum atomic E-state index is 13.4. The summed E-state index contributed by atoms with van der Waals surface area (Å²) >= 11 is 0. The molecule has 194 valence electrons. The molecule has 4 atom stereocenters. The Hall–Kier alpha value is -2.50. The number of carbonyl (C=O) groups excluding carboxylic acids is 3. The Labute approximate surface area is 197 Å². The van der Waals surface area contributed by atoms with Crippen LogP contribution in [0.15, 0.2) is 0 Å². The molecule has 4 amide bonds. The molecule has 6 N–H and O–H groups in total. The summed E-state index contributed by atoms with van der Waals surface area (Å²) in [6, 6.07) is -3.49. The van der Waals surface area contributed by atoms with Crippen LogP contribution in [-0.4, -0.2) is 75.6 Å². The molecule has 0 bridgehead atoms. The number of halogens is 2. The van der Waals surface area contributed by atoms with E-state index < -0.39 is 72.2 Å². The Morgan fingerprint density at radius 2 is 1.71 bits per heavy atom. The van der Waals surface area contributed by atoms with Crippen LogP contribution in [0.5, 0.6) is 0 Å². The topological polar surface area (TPSA) is 162 Å². The average molecular weight is 491 g/mol. The normalized spacial score (nSPS) is 22.4. The number of carboxylic acid groups (broad SMARTS) is 1. The standard InChI is InChI=1S/C22H36F2N4O6/c1-20(2,3)15(27-19(33)34)18(32)28-10-9-22(7-8-22)11-13(28)17(31)26-12(14(29)16(25)30)5-6-21(4,23)24/h12-15,27,29H,5-11H2,1-4H3,(H2,25,30)(H,26,31)(H,33,34)/t12?,13-,14?,15?/m0/s1. The molecule has 0 aromatic rings. The number of aliphatic hydroxyl groups excluding tert-OH is 1. The summed E-state index contributed by atoms with van der Waals surface area (Å²) in [6.45, 7) is 5.98. The van der Waals surface area contributed by atoms with E-state index in [0.29, 0.717) is 19.8 Å². The van der Waals surface area contributed by atoms with Crippen molar-refractivity contribution >= 4 is 23.8 Å². The molecule has 1 heterocycles. The maximum absolute atomic E-state index is 13.4. The molecule has 1 saturated carbocycles. The van der Waals surface area contributed by atoms with E-state index in [2.05, 4.69) is 10.6 Å². The molecule has 10 nitrogen and oxygen atoms in total. The van der Waals surface area contributed by atoms with Crippen LogP contribution >= 0.6 is 0 Å². The van der Waals surface area contributed by atoms with Crippen LogP contribution in [0.2, 0.25) is 0 Å². The number of aliphatic hydroxyl groups is 1. The number of piperidine rings is 1. The Morgan fingerprint density at radius 1 is 1.12 bits per heavy atom. The van der Waals surface area contributed by atoms with Crippen LogP contribution in [0, 0.1) is 10.8 Å². The number of amides is 4. The van der Waals surface area contributed by atoms with Crippen molar-refractivity contribution in [2.24, 2.45) is 16.6 Å². The molecule has 1 aliphatic heterocycles. The highest BCUT2D eigenvalue weighted by Crippen LogP contribution is 2.55. The zero-order chi connectivity index (χ0) is 26.1. The summed E-state index contributed by atoms with van der Waals surface area (Å²) in [7, 11) is 0. The van der Waals surface area contributed by atoms with Crippen molar-refractivity contribution < 1.29 is 38.2 Å². The third kappa shape index (κ3) is 7.25. The van der Waals surface area contributed by atoms with Gasteiger partial charge in [0.2, 0.25) is 23.6 Å². The second-order valence-corrected chi connectivity index (χ2v) is 10.8. The van der Waals surface area contributed by atoms with E-state index in [4.69, 9.17) is 5.73 Å². The Bertz CT molecular complexity index is 806. The lowest BCUT2D eigenvalue weighted by Crippen LogP contribution is -2.63. The van der Waals surface area contributed by atoms with Crippen LogP contribution in [-0.2, 0) is 14.4 Å². The molecule has 2 fully saturated rings. The van der Waals surface area contributed by atoms with Crippen LogP contribution in [0.1, 0.15) is 66.2 Å². The number of carbonyl (C=O) groups is 4. The number of rotatable bonds is 9. The smallest absolute Gasteiger partial charge is 0.405 e. The quantitative estimate of drug-likeness (QED) is 0.326. The summed E-state index contributed by atoms with van der Waals surface area (Å²) in [5.41, 5.74) is 4.24. The fourth-order valence-corrected chi connectivity index (χ4v) is 4.40. The van der Waals surface area contributed by atoms with E-state index in [0.717, 1.165) is 12.8 Å². The molecule has 12 heteroatoms. The monoisotopic (exact) mass is 490 g/mol.